The van der Waals surface area contributed by atoms with Crippen LogP contribution in [0.3, 0.4) is 0 Å². The van der Waals surface area contributed by atoms with Gasteiger partial charge >= 0.3 is 5.97 Å². The lowest BCUT2D eigenvalue weighted by Gasteiger charge is -2.12. The second-order valence-corrected chi connectivity index (χ2v) is 13.2. The molecule has 0 bridgehead atoms. The molecule has 10 heteroatoms. The fourth-order valence-corrected chi connectivity index (χ4v) is 7.53. The molecule has 7 rings (SSSR count). The molecule has 2 saturated carbocycles. The summed E-state index contributed by atoms with van der Waals surface area (Å²) in [6, 6.07) is 16.2. The topological polar surface area (TPSA) is 85.5 Å². The van der Waals surface area contributed by atoms with Crippen molar-refractivity contribution in [1.29, 1.82) is 0 Å². The average Bonchev–Trinajstić information content (AvgIpc) is 3.81. The van der Waals surface area contributed by atoms with Gasteiger partial charge in [0, 0.05) is 21.9 Å². The van der Waals surface area contributed by atoms with E-state index in [4.69, 9.17) is 49.0 Å². The normalized spacial score (nSPS) is 20.0. The van der Waals surface area contributed by atoms with Crippen molar-refractivity contribution in [2.75, 3.05) is 0 Å². The maximum absolute atomic E-state index is 11.4. The first kappa shape index (κ1) is 26.8. The number of ether oxygens (including phenoxy) is 1. The molecule has 0 radical (unpaired) electrons. The maximum atomic E-state index is 11.4. The zero-order chi connectivity index (χ0) is 28.5. The number of rotatable bonds is 8. The number of fused-ring (bicyclic) bond motifs is 1. The number of hydrogen-bond acceptors (Lipinski definition) is 6. The van der Waals surface area contributed by atoms with E-state index in [1.165, 1.54) is 0 Å². The molecule has 208 valence electrons. The van der Waals surface area contributed by atoms with Gasteiger partial charge in [-0.3, -0.25) is 0 Å². The van der Waals surface area contributed by atoms with E-state index >= 15 is 0 Å². The number of carboxylic acid groups (broad SMARTS) is 1. The average molecular weight is 626 g/mol. The molecule has 2 aliphatic rings. The van der Waals surface area contributed by atoms with Crippen LogP contribution in [0.4, 0.5) is 0 Å². The minimum atomic E-state index is -0.942. The van der Waals surface area contributed by atoms with Crippen molar-refractivity contribution >= 4 is 62.3 Å². The Morgan fingerprint density at radius 1 is 1.10 bits per heavy atom. The molecule has 5 aromatic rings. The zero-order valence-corrected chi connectivity index (χ0v) is 24.9. The summed E-state index contributed by atoms with van der Waals surface area (Å²) in [5.41, 5.74) is 4.04. The van der Waals surface area contributed by atoms with E-state index < -0.39 is 5.97 Å². The SMILES string of the molecule is CC1(c2nc3ccc(C(=O)O)cc3s2)CC1c1ccc(OCc2c(-c3c(Cl)cccc3Cl)noc2C2CC2)cc1Cl. The minimum Gasteiger partial charge on any atom is -0.489 e. The third-order valence-electron chi connectivity index (χ3n) is 8.06. The number of hydrogen-bond donors (Lipinski definition) is 1. The Morgan fingerprint density at radius 2 is 1.88 bits per heavy atom. The summed E-state index contributed by atoms with van der Waals surface area (Å²) in [6.07, 6.45) is 3.01. The maximum Gasteiger partial charge on any atom is 0.335 e. The Morgan fingerprint density at radius 3 is 2.59 bits per heavy atom. The van der Waals surface area contributed by atoms with E-state index in [1.54, 1.807) is 47.7 Å². The number of nitrogens with zero attached hydrogens (tertiary/aromatic N) is 2. The largest absolute Gasteiger partial charge is 0.489 e. The van der Waals surface area contributed by atoms with E-state index in [1.807, 2.05) is 18.2 Å². The first-order valence-electron chi connectivity index (χ1n) is 13.2. The van der Waals surface area contributed by atoms with Gasteiger partial charge in [-0.1, -0.05) is 59.0 Å². The summed E-state index contributed by atoms with van der Waals surface area (Å²) >= 11 is 21.3. The molecule has 2 unspecified atom stereocenters. The molecule has 0 spiro atoms. The summed E-state index contributed by atoms with van der Waals surface area (Å²) in [6.45, 7) is 2.42. The highest BCUT2D eigenvalue weighted by atomic mass is 35.5. The lowest BCUT2D eigenvalue weighted by Crippen LogP contribution is -2.04. The van der Waals surface area contributed by atoms with Gasteiger partial charge in [0.2, 0.25) is 0 Å². The quantitative estimate of drug-likeness (QED) is 0.185. The molecule has 6 nitrogen and oxygen atoms in total. The Bertz CT molecular complexity index is 1830. The Hall–Kier alpha value is -3.10. The molecule has 2 atom stereocenters. The van der Waals surface area contributed by atoms with E-state index in [0.717, 1.165) is 51.4 Å². The van der Waals surface area contributed by atoms with Gasteiger partial charge in [0.25, 0.3) is 0 Å². The van der Waals surface area contributed by atoms with Gasteiger partial charge < -0.3 is 14.4 Å². The van der Waals surface area contributed by atoms with Crippen molar-refractivity contribution in [3.8, 4) is 17.0 Å². The lowest BCUT2D eigenvalue weighted by atomic mass is 10.0. The first-order chi connectivity index (χ1) is 19.7. The number of benzene rings is 3. The molecule has 2 aromatic heterocycles. The molecule has 3 aromatic carbocycles. The third kappa shape index (κ3) is 4.79. The molecule has 2 fully saturated rings. The van der Waals surface area contributed by atoms with Gasteiger partial charge in [0.1, 0.15) is 28.8 Å². The van der Waals surface area contributed by atoms with E-state index in [0.29, 0.717) is 38.0 Å². The summed E-state index contributed by atoms with van der Waals surface area (Å²) in [7, 11) is 0. The van der Waals surface area contributed by atoms with Crippen LogP contribution in [0.1, 0.15) is 70.3 Å². The second kappa shape index (κ2) is 10.0. The van der Waals surface area contributed by atoms with Gasteiger partial charge in [0.05, 0.1) is 31.4 Å². The zero-order valence-electron chi connectivity index (χ0n) is 21.8. The van der Waals surface area contributed by atoms with Crippen LogP contribution in [0.5, 0.6) is 5.75 Å². The van der Waals surface area contributed by atoms with Crippen LogP contribution in [0.25, 0.3) is 21.5 Å². The number of thiazole rings is 1. The van der Waals surface area contributed by atoms with Crippen molar-refractivity contribution < 1.29 is 19.2 Å². The van der Waals surface area contributed by atoms with Crippen molar-refractivity contribution in [2.45, 2.75) is 50.0 Å². The van der Waals surface area contributed by atoms with Crippen LogP contribution in [-0.4, -0.2) is 21.2 Å². The Labute approximate surface area is 254 Å². The highest BCUT2D eigenvalue weighted by molar-refractivity contribution is 7.18. The predicted molar refractivity (Wildman–Crippen MR) is 161 cm³/mol. The molecular formula is C31H23Cl3N2O4S. The fourth-order valence-electron chi connectivity index (χ4n) is 5.44. The smallest absolute Gasteiger partial charge is 0.335 e. The number of carboxylic acids is 1. The van der Waals surface area contributed by atoms with Crippen molar-refractivity contribution in [3.05, 3.63) is 97.1 Å². The van der Waals surface area contributed by atoms with Crippen LogP contribution in [0, 0.1) is 0 Å². The molecule has 0 aliphatic heterocycles. The number of carbonyl (C=O) groups is 1. The second-order valence-electron chi connectivity index (χ2n) is 10.9. The summed E-state index contributed by atoms with van der Waals surface area (Å²) in [4.78, 5) is 16.2. The highest BCUT2D eigenvalue weighted by Gasteiger charge is 2.54. The van der Waals surface area contributed by atoms with Gasteiger partial charge in [-0.2, -0.15) is 0 Å². The van der Waals surface area contributed by atoms with Crippen LogP contribution >= 0.6 is 46.1 Å². The predicted octanol–water partition coefficient (Wildman–Crippen LogP) is 9.51. The van der Waals surface area contributed by atoms with Crippen molar-refractivity contribution in [1.82, 2.24) is 10.1 Å². The Balaban J connectivity index is 1.12. The molecule has 2 aliphatic carbocycles. The van der Waals surface area contributed by atoms with Gasteiger partial charge in [-0.05, 0) is 73.2 Å². The fraction of sp³-hybridized carbons (Fsp3) is 0.258. The van der Waals surface area contributed by atoms with E-state index in [9.17, 15) is 9.90 Å². The standard InChI is InChI=1S/C31H23Cl3N2O4S/c1-31(30-35-24-10-7-16(29(37)38)11-25(24)41-30)13-20(31)18-9-8-17(12-23(18)34)39-14-19-27(36-40-28(19)15-5-6-15)26-21(32)3-2-4-22(26)33/h2-4,7-12,15,20H,5-6,13-14H2,1H3,(H,37,38). The molecular weight excluding hydrogens is 603 g/mol. The highest BCUT2D eigenvalue weighted by Crippen LogP contribution is 2.62. The minimum absolute atomic E-state index is 0.163. The van der Waals surface area contributed by atoms with Crippen LogP contribution in [-0.2, 0) is 12.0 Å². The van der Waals surface area contributed by atoms with Gasteiger partial charge in [-0.25, -0.2) is 9.78 Å². The first-order valence-corrected chi connectivity index (χ1v) is 15.2. The molecule has 1 N–H and O–H groups in total. The number of aromatic nitrogens is 2. The Kier molecular flexibility index (Phi) is 6.54. The molecule has 0 saturated heterocycles. The number of halogens is 3. The molecule has 0 amide bonds. The van der Waals surface area contributed by atoms with Crippen molar-refractivity contribution in [3.63, 3.8) is 0 Å². The van der Waals surface area contributed by atoms with E-state index in [2.05, 4.69) is 12.1 Å². The van der Waals surface area contributed by atoms with Crippen molar-refractivity contribution in [2.24, 2.45) is 0 Å². The van der Waals surface area contributed by atoms with Crippen LogP contribution < -0.4 is 4.74 Å². The molecule has 2 heterocycles. The third-order valence-corrected chi connectivity index (χ3v) is 10.3. The number of aromatic carboxylic acids is 1. The van der Waals surface area contributed by atoms with Gasteiger partial charge in [0.15, 0.2) is 0 Å². The van der Waals surface area contributed by atoms with Crippen LogP contribution in [0.2, 0.25) is 15.1 Å². The van der Waals surface area contributed by atoms with Gasteiger partial charge in [-0.15, -0.1) is 11.3 Å². The molecule has 41 heavy (non-hydrogen) atoms. The lowest BCUT2D eigenvalue weighted by molar-refractivity contribution is 0.0697. The van der Waals surface area contributed by atoms with E-state index in [-0.39, 0.29) is 23.5 Å². The van der Waals surface area contributed by atoms with Crippen LogP contribution in [0.15, 0.2) is 59.1 Å². The monoisotopic (exact) mass is 624 g/mol. The summed E-state index contributed by atoms with van der Waals surface area (Å²) in [5, 5.41) is 16.3. The summed E-state index contributed by atoms with van der Waals surface area (Å²) in [5.74, 6) is 1.05. The summed E-state index contributed by atoms with van der Waals surface area (Å²) < 4.78 is 12.9.